The first kappa shape index (κ1) is 16.5. The van der Waals surface area contributed by atoms with Crippen LogP contribution in [0.5, 0.6) is 0 Å². The zero-order chi connectivity index (χ0) is 18.1. The Hall–Kier alpha value is -3.01. The van der Waals surface area contributed by atoms with Crippen molar-refractivity contribution >= 4 is 22.9 Å². The van der Waals surface area contributed by atoms with E-state index in [4.69, 9.17) is 0 Å². The molecule has 3 aromatic rings. The Labute approximate surface area is 151 Å². The molecule has 1 aromatic heterocycles. The predicted molar refractivity (Wildman–Crippen MR) is 101 cm³/mol. The van der Waals surface area contributed by atoms with Crippen molar-refractivity contribution in [1.82, 2.24) is 9.88 Å². The first-order chi connectivity index (χ1) is 12.6. The largest absolute Gasteiger partial charge is 0.332 e. The molecule has 1 aliphatic rings. The van der Waals surface area contributed by atoms with Gasteiger partial charge in [0.25, 0.3) is 0 Å². The molecule has 4 rings (SSSR count). The Morgan fingerprint density at radius 2 is 2.08 bits per heavy atom. The molecule has 0 aliphatic carbocycles. The SMILES string of the molecule is CC1c2cc(F)ccc2CCN1C(=O)/C=C/c1ccnc2ccccc12. The lowest BCUT2D eigenvalue weighted by Crippen LogP contribution is -2.37. The molecule has 1 atom stereocenters. The van der Waals surface area contributed by atoms with E-state index >= 15 is 0 Å². The van der Waals surface area contributed by atoms with Crippen molar-refractivity contribution in [3.8, 4) is 0 Å². The number of halogens is 1. The van der Waals surface area contributed by atoms with Gasteiger partial charge >= 0.3 is 0 Å². The molecule has 0 saturated heterocycles. The molecule has 4 heteroatoms. The number of amides is 1. The highest BCUT2D eigenvalue weighted by molar-refractivity contribution is 5.96. The van der Waals surface area contributed by atoms with Crippen LogP contribution >= 0.6 is 0 Å². The van der Waals surface area contributed by atoms with Crippen molar-refractivity contribution < 1.29 is 9.18 Å². The standard InChI is InChI=1S/C22H19FN2O/c1-15-20-14-18(23)8-6-17(20)11-13-25(15)22(26)9-7-16-10-12-24-21-5-3-2-4-19(16)21/h2-10,12,14-15H,11,13H2,1H3/b9-7+. The molecular weight excluding hydrogens is 327 g/mol. The average Bonchev–Trinajstić information content (AvgIpc) is 2.67. The van der Waals surface area contributed by atoms with Crippen molar-refractivity contribution in [2.45, 2.75) is 19.4 Å². The molecule has 1 aliphatic heterocycles. The number of hydrogen-bond acceptors (Lipinski definition) is 2. The van der Waals surface area contributed by atoms with Crippen LogP contribution in [0.15, 0.2) is 60.8 Å². The van der Waals surface area contributed by atoms with Gasteiger partial charge in [0, 0.05) is 24.2 Å². The highest BCUT2D eigenvalue weighted by atomic mass is 19.1. The number of nitrogens with zero attached hydrogens (tertiary/aromatic N) is 2. The van der Waals surface area contributed by atoms with E-state index in [0.29, 0.717) is 6.54 Å². The van der Waals surface area contributed by atoms with Crippen LogP contribution in [-0.4, -0.2) is 22.3 Å². The molecule has 130 valence electrons. The molecule has 2 aromatic carbocycles. The van der Waals surface area contributed by atoms with E-state index in [1.54, 1.807) is 23.2 Å². The van der Waals surface area contributed by atoms with E-state index in [2.05, 4.69) is 4.98 Å². The minimum Gasteiger partial charge on any atom is -0.332 e. The predicted octanol–water partition coefficient (Wildman–Crippen LogP) is 4.53. The molecular formula is C22H19FN2O. The van der Waals surface area contributed by atoms with Gasteiger partial charge in [-0.25, -0.2) is 4.39 Å². The number of fused-ring (bicyclic) bond motifs is 2. The molecule has 0 N–H and O–H groups in total. The Morgan fingerprint density at radius 3 is 2.96 bits per heavy atom. The maximum absolute atomic E-state index is 13.6. The van der Waals surface area contributed by atoms with Gasteiger partial charge in [0.15, 0.2) is 0 Å². The molecule has 0 spiro atoms. The first-order valence-corrected chi connectivity index (χ1v) is 8.74. The zero-order valence-electron chi connectivity index (χ0n) is 14.5. The molecule has 0 bridgehead atoms. The summed E-state index contributed by atoms with van der Waals surface area (Å²) in [5, 5.41) is 1.01. The van der Waals surface area contributed by atoms with E-state index < -0.39 is 0 Å². The van der Waals surface area contributed by atoms with Gasteiger partial charge < -0.3 is 4.90 Å². The van der Waals surface area contributed by atoms with Crippen LogP contribution in [0.2, 0.25) is 0 Å². The van der Waals surface area contributed by atoms with Crippen molar-refractivity contribution in [2.75, 3.05) is 6.54 Å². The third kappa shape index (κ3) is 2.99. The van der Waals surface area contributed by atoms with Crippen LogP contribution in [0.4, 0.5) is 4.39 Å². The monoisotopic (exact) mass is 346 g/mol. The van der Waals surface area contributed by atoms with Gasteiger partial charge in [-0.1, -0.05) is 24.3 Å². The fourth-order valence-electron chi connectivity index (χ4n) is 3.61. The summed E-state index contributed by atoms with van der Waals surface area (Å²) in [6, 6.07) is 14.5. The van der Waals surface area contributed by atoms with Gasteiger partial charge in [0.2, 0.25) is 5.91 Å². The second-order valence-electron chi connectivity index (χ2n) is 6.55. The van der Waals surface area contributed by atoms with Gasteiger partial charge in [-0.3, -0.25) is 9.78 Å². The fourth-order valence-corrected chi connectivity index (χ4v) is 3.61. The minimum atomic E-state index is -0.260. The fraction of sp³-hybridized carbons (Fsp3) is 0.182. The maximum Gasteiger partial charge on any atom is 0.247 e. The number of pyridine rings is 1. The number of carbonyl (C=O) groups excluding carboxylic acids is 1. The van der Waals surface area contributed by atoms with Gasteiger partial charge in [0.05, 0.1) is 11.6 Å². The third-order valence-electron chi connectivity index (χ3n) is 5.02. The molecule has 0 saturated carbocycles. The molecule has 1 amide bonds. The van der Waals surface area contributed by atoms with E-state index in [0.717, 1.165) is 34.0 Å². The second kappa shape index (κ2) is 6.71. The number of para-hydroxylation sites is 1. The average molecular weight is 346 g/mol. The summed E-state index contributed by atoms with van der Waals surface area (Å²) in [7, 11) is 0. The summed E-state index contributed by atoms with van der Waals surface area (Å²) < 4.78 is 13.6. The number of benzene rings is 2. The molecule has 3 nitrogen and oxygen atoms in total. The highest BCUT2D eigenvalue weighted by Crippen LogP contribution is 2.30. The summed E-state index contributed by atoms with van der Waals surface area (Å²) in [6.45, 7) is 2.59. The lowest BCUT2D eigenvalue weighted by molar-refractivity contribution is -0.128. The van der Waals surface area contributed by atoms with Crippen molar-refractivity contribution in [3.05, 3.63) is 83.3 Å². The van der Waals surface area contributed by atoms with Crippen molar-refractivity contribution in [1.29, 1.82) is 0 Å². The topological polar surface area (TPSA) is 33.2 Å². The van der Waals surface area contributed by atoms with Crippen LogP contribution in [0, 0.1) is 5.82 Å². The summed E-state index contributed by atoms with van der Waals surface area (Å²) in [4.78, 5) is 18.9. The summed E-state index contributed by atoms with van der Waals surface area (Å²) >= 11 is 0. The first-order valence-electron chi connectivity index (χ1n) is 8.74. The normalized spacial score (nSPS) is 16.8. The van der Waals surface area contributed by atoms with Gasteiger partial charge in [0.1, 0.15) is 5.82 Å². The van der Waals surface area contributed by atoms with Gasteiger partial charge in [-0.2, -0.15) is 0 Å². The molecule has 0 radical (unpaired) electrons. The Morgan fingerprint density at radius 1 is 1.23 bits per heavy atom. The van der Waals surface area contributed by atoms with Crippen LogP contribution in [0.1, 0.15) is 29.7 Å². The van der Waals surface area contributed by atoms with E-state index in [-0.39, 0.29) is 17.8 Å². The van der Waals surface area contributed by atoms with E-state index in [9.17, 15) is 9.18 Å². The molecule has 2 heterocycles. The lowest BCUT2D eigenvalue weighted by atomic mass is 9.93. The van der Waals surface area contributed by atoms with Gasteiger partial charge in [-0.15, -0.1) is 0 Å². The van der Waals surface area contributed by atoms with Crippen molar-refractivity contribution in [3.63, 3.8) is 0 Å². The van der Waals surface area contributed by atoms with E-state index in [1.165, 1.54) is 6.07 Å². The minimum absolute atomic E-state index is 0.0618. The molecule has 26 heavy (non-hydrogen) atoms. The molecule has 0 fully saturated rings. The summed E-state index contributed by atoms with van der Waals surface area (Å²) in [5.74, 6) is -0.322. The Balaban J connectivity index is 1.59. The van der Waals surface area contributed by atoms with Gasteiger partial charge in [-0.05, 0) is 60.4 Å². The van der Waals surface area contributed by atoms with E-state index in [1.807, 2.05) is 49.4 Å². The summed E-state index contributed by atoms with van der Waals surface area (Å²) in [5.41, 5.74) is 3.87. The summed E-state index contributed by atoms with van der Waals surface area (Å²) in [6.07, 6.45) is 5.93. The van der Waals surface area contributed by atoms with Crippen LogP contribution in [-0.2, 0) is 11.2 Å². The molecule has 1 unspecified atom stereocenters. The van der Waals surface area contributed by atoms with Crippen LogP contribution in [0.3, 0.4) is 0 Å². The Bertz CT molecular complexity index is 1010. The number of rotatable bonds is 2. The highest BCUT2D eigenvalue weighted by Gasteiger charge is 2.26. The Kier molecular flexibility index (Phi) is 4.25. The maximum atomic E-state index is 13.6. The number of carbonyl (C=O) groups is 1. The second-order valence-corrected chi connectivity index (χ2v) is 6.55. The smallest absolute Gasteiger partial charge is 0.247 e. The van der Waals surface area contributed by atoms with Crippen molar-refractivity contribution in [2.24, 2.45) is 0 Å². The van der Waals surface area contributed by atoms with Crippen LogP contribution in [0.25, 0.3) is 17.0 Å². The quantitative estimate of drug-likeness (QED) is 0.639. The lowest BCUT2D eigenvalue weighted by Gasteiger charge is -2.34. The number of hydrogen-bond donors (Lipinski definition) is 0. The third-order valence-corrected chi connectivity index (χ3v) is 5.02. The zero-order valence-corrected chi connectivity index (χ0v) is 14.5. The number of aromatic nitrogens is 1. The van der Waals surface area contributed by atoms with Crippen LogP contribution < -0.4 is 0 Å².